The Morgan fingerprint density at radius 2 is 1.77 bits per heavy atom. The number of carboxylic acid groups (broad SMARTS) is 1. The van der Waals surface area contributed by atoms with Gasteiger partial charge in [0.1, 0.15) is 0 Å². The van der Waals surface area contributed by atoms with E-state index in [-0.39, 0.29) is 11.9 Å². The number of halogens is 2. The lowest BCUT2D eigenvalue weighted by atomic mass is 9.97. The summed E-state index contributed by atoms with van der Waals surface area (Å²) in [5.74, 6) is -1.12. The number of aliphatic carboxylic acids is 1. The molecule has 2 amide bonds. The number of carbonyl (C=O) groups excluding carboxylic acids is 1. The van der Waals surface area contributed by atoms with Gasteiger partial charge in [0.2, 0.25) is 0 Å². The standard InChI is InChI=1S/C15H18Cl2N2O3/c16-12-7-10(8-13(17)9-12)1-4-18-15(22)19-5-2-11(3-6-19)14(20)21/h7-9,11H,1-6H2,(H,18,22)(H,20,21). The van der Waals surface area contributed by atoms with Gasteiger partial charge in [-0.2, -0.15) is 0 Å². The molecule has 1 aliphatic rings. The zero-order valence-electron chi connectivity index (χ0n) is 12.0. The second-order valence-electron chi connectivity index (χ2n) is 5.36. The smallest absolute Gasteiger partial charge is 0.317 e. The fourth-order valence-corrected chi connectivity index (χ4v) is 3.08. The number of carbonyl (C=O) groups is 2. The van der Waals surface area contributed by atoms with Crippen molar-refractivity contribution in [2.24, 2.45) is 5.92 Å². The number of rotatable bonds is 4. The topological polar surface area (TPSA) is 69.6 Å². The molecule has 0 saturated carbocycles. The molecule has 0 bridgehead atoms. The predicted molar refractivity (Wildman–Crippen MR) is 85.5 cm³/mol. The number of hydrogen-bond acceptors (Lipinski definition) is 2. The van der Waals surface area contributed by atoms with E-state index in [4.69, 9.17) is 28.3 Å². The normalized spacial score (nSPS) is 15.6. The molecule has 5 nitrogen and oxygen atoms in total. The maximum atomic E-state index is 12.0. The Balaban J connectivity index is 1.75. The van der Waals surface area contributed by atoms with Crippen molar-refractivity contribution in [2.75, 3.05) is 19.6 Å². The third-order valence-electron chi connectivity index (χ3n) is 3.74. The Hall–Kier alpha value is -1.46. The van der Waals surface area contributed by atoms with Gasteiger partial charge in [-0.1, -0.05) is 23.2 Å². The van der Waals surface area contributed by atoms with Gasteiger partial charge in [-0.05, 0) is 43.0 Å². The Morgan fingerprint density at radius 3 is 2.32 bits per heavy atom. The second-order valence-corrected chi connectivity index (χ2v) is 6.23. The van der Waals surface area contributed by atoms with Crippen LogP contribution < -0.4 is 5.32 Å². The van der Waals surface area contributed by atoms with E-state index in [2.05, 4.69) is 5.32 Å². The highest BCUT2D eigenvalue weighted by Gasteiger charge is 2.26. The third kappa shape index (κ3) is 4.78. The van der Waals surface area contributed by atoms with E-state index >= 15 is 0 Å². The van der Waals surface area contributed by atoms with Crippen molar-refractivity contribution in [1.82, 2.24) is 10.2 Å². The van der Waals surface area contributed by atoms with Crippen LogP contribution in [0.25, 0.3) is 0 Å². The number of hydrogen-bond donors (Lipinski definition) is 2. The maximum absolute atomic E-state index is 12.0. The number of urea groups is 1. The van der Waals surface area contributed by atoms with Crippen molar-refractivity contribution >= 4 is 35.2 Å². The number of piperidine rings is 1. The van der Waals surface area contributed by atoms with E-state index in [1.54, 1.807) is 11.0 Å². The van der Waals surface area contributed by atoms with Crippen LogP contribution in [0, 0.1) is 5.92 Å². The summed E-state index contributed by atoms with van der Waals surface area (Å²) in [7, 11) is 0. The Morgan fingerprint density at radius 1 is 1.18 bits per heavy atom. The number of benzene rings is 1. The third-order valence-corrected chi connectivity index (χ3v) is 4.18. The van der Waals surface area contributed by atoms with Gasteiger partial charge in [-0.15, -0.1) is 0 Å². The van der Waals surface area contributed by atoms with E-state index < -0.39 is 5.97 Å². The van der Waals surface area contributed by atoms with Crippen LogP contribution in [0.15, 0.2) is 18.2 Å². The lowest BCUT2D eigenvalue weighted by Gasteiger charge is -2.30. The molecule has 2 rings (SSSR count). The molecule has 120 valence electrons. The minimum atomic E-state index is -0.780. The van der Waals surface area contributed by atoms with E-state index in [1.165, 1.54) is 0 Å². The van der Waals surface area contributed by atoms with Crippen LogP contribution in [-0.4, -0.2) is 41.6 Å². The minimum absolute atomic E-state index is 0.156. The van der Waals surface area contributed by atoms with Gasteiger partial charge in [0.15, 0.2) is 0 Å². The highest BCUT2D eigenvalue weighted by atomic mass is 35.5. The van der Waals surface area contributed by atoms with E-state index in [9.17, 15) is 9.59 Å². The molecule has 0 radical (unpaired) electrons. The van der Waals surface area contributed by atoms with E-state index in [0.29, 0.717) is 48.9 Å². The van der Waals surface area contributed by atoms with Crippen molar-refractivity contribution in [3.63, 3.8) is 0 Å². The first-order chi connectivity index (χ1) is 10.5. The van der Waals surface area contributed by atoms with E-state index in [1.807, 2.05) is 12.1 Å². The summed E-state index contributed by atoms with van der Waals surface area (Å²) in [6, 6.07) is 5.14. The molecule has 1 fully saturated rings. The van der Waals surface area contributed by atoms with Gasteiger partial charge in [0.05, 0.1) is 5.92 Å². The fourth-order valence-electron chi connectivity index (χ4n) is 2.51. The summed E-state index contributed by atoms with van der Waals surface area (Å²) in [5.41, 5.74) is 0.961. The molecular weight excluding hydrogens is 327 g/mol. The summed E-state index contributed by atoms with van der Waals surface area (Å²) in [5, 5.41) is 12.9. The van der Waals surface area contributed by atoms with Crippen molar-refractivity contribution in [1.29, 1.82) is 0 Å². The van der Waals surface area contributed by atoms with Crippen LogP contribution in [0.4, 0.5) is 4.79 Å². The Labute approximate surface area is 139 Å². The molecule has 0 spiro atoms. The molecule has 1 aromatic rings. The predicted octanol–water partition coefficient (Wildman–Crippen LogP) is 3.04. The van der Waals surface area contributed by atoms with Crippen LogP contribution in [0.2, 0.25) is 10.0 Å². The number of nitrogens with one attached hydrogen (secondary N) is 1. The average molecular weight is 345 g/mol. The van der Waals surface area contributed by atoms with Crippen LogP contribution in [-0.2, 0) is 11.2 Å². The maximum Gasteiger partial charge on any atom is 0.317 e. The fraction of sp³-hybridized carbons (Fsp3) is 0.467. The van der Waals surface area contributed by atoms with Gasteiger partial charge in [0.25, 0.3) is 0 Å². The molecule has 22 heavy (non-hydrogen) atoms. The summed E-state index contributed by atoms with van der Waals surface area (Å²) in [4.78, 5) is 24.5. The molecule has 0 unspecified atom stereocenters. The van der Waals surface area contributed by atoms with Gasteiger partial charge in [-0.3, -0.25) is 4.79 Å². The van der Waals surface area contributed by atoms with Gasteiger partial charge in [0, 0.05) is 29.7 Å². The molecule has 0 aliphatic carbocycles. The van der Waals surface area contributed by atoms with Gasteiger partial charge >= 0.3 is 12.0 Å². The first-order valence-electron chi connectivity index (χ1n) is 7.16. The van der Waals surface area contributed by atoms with Crippen LogP contribution in [0.1, 0.15) is 18.4 Å². The molecule has 7 heteroatoms. The van der Waals surface area contributed by atoms with Crippen molar-refractivity contribution in [3.05, 3.63) is 33.8 Å². The first-order valence-corrected chi connectivity index (χ1v) is 7.92. The van der Waals surface area contributed by atoms with Crippen molar-refractivity contribution in [3.8, 4) is 0 Å². The average Bonchev–Trinajstić information content (AvgIpc) is 2.46. The van der Waals surface area contributed by atoms with Crippen molar-refractivity contribution < 1.29 is 14.7 Å². The summed E-state index contributed by atoms with van der Waals surface area (Å²) in [6.45, 7) is 1.44. The lowest BCUT2D eigenvalue weighted by Crippen LogP contribution is -2.45. The number of amides is 2. The molecule has 2 N–H and O–H groups in total. The lowest BCUT2D eigenvalue weighted by molar-refractivity contribution is -0.143. The molecular formula is C15H18Cl2N2O3. The minimum Gasteiger partial charge on any atom is -0.481 e. The van der Waals surface area contributed by atoms with Gasteiger partial charge < -0.3 is 15.3 Å². The highest BCUT2D eigenvalue weighted by Crippen LogP contribution is 2.19. The molecule has 1 saturated heterocycles. The quantitative estimate of drug-likeness (QED) is 0.881. The Kier molecular flexibility index (Phi) is 5.91. The number of likely N-dealkylation sites (tertiary alicyclic amines) is 1. The zero-order chi connectivity index (χ0) is 16.1. The van der Waals surface area contributed by atoms with Crippen LogP contribution >= 0.6 is 23.2 Å². The first kappa shape index (κ1) is 16.9. The largest absolute Gasteiger partial charge is 0.481 e. The monoisotopic (exact) mass is 344 g/mol. The van der Waals surface area contributed by atoms with Crippen LogP contribution in [0.5, 0.6) is 0 Å². The van der Waals surface area contributed by atoms with Gasteiger partial charge in [-0.25, -0.2) is 4.79 Å². The molecule has 0 atom stereocenters. The Bertz CT molecular complexity index is 537. The second kappa shape index (κ2) is 7.70. The van der Waals surface area contributed by atoms with Crippen molar-refractivity contribution in [2.45, 2.75) is 19.3 Å². The number of nitrogens with zero attached hydrogens (tertiary/aromatic N) is 1. The number of carboxylic acids is 1. The SMILES string of the molecule is O=C(O)C1CCN(C(=O)NCCc2cc(Cl)cc(Cl)c2)CC1. The highest BCUT2D eigenvalue weighted by molar-refractivity contribution is 6.34. The zero-order valence-corrected chi connectivity index (χ0v) is 13.5. The summed E-state index contributed by atoms with van der Waals surface area (Å²) >= 11 is 11.8. The van der Waals surface area contributed by atoms with E-state index in [0.717, 1.165) is 5.56 Å². The summed E-state index contributed by atoms with van der Waals surface area (Å²) < 4.78 is 0. The summed E-state index contributed by atoms with van der Waals surface area (Å²) in [6.07, 6.45) is 1.65. The molecule has 1 aliphatic heterocycles. The molecule has 1 aromatic carbocycles. The van der Waals surface area contributed by atoms with Crippen LogP contribution in [0.3, 0.4) is 0 Å². The molecule has 1 heterocycles. The molecule has 0 aromatic heterocycles.